The molecule has 2 heterocycles. The Morgan fingerprint density at radius 3 is 2.48 bits per heavy atom. The van der Waals surface area contributed by atoms with Crippen LogP contribution >= 0.6 is 0 Å². The average molecular weight is 377 g/mol. The molecule has 0 bridgehead atoms. The molecule has 2 aliphatic rings. The molecule has 0 saturated carbocycles. The number of nitrogens with zero attached hydrogens (tertiary/aromatic N) is 3. The lowest BCUT2D eigenvalue weighted by Crippen LogP contribution is -2.58. The predicted molar refractivity (Wildman–Crippen MR) is 96.4 cm³/mol. The fourth-order valence-electron chi connectivity index (χ4n) is 3.35. The van der Waals surface area contributed by atoms with Crippen LogP contribution in [0.1, 0.15) is 26.7 Å². The second-order valence-corrected chi connectivity index (χ2v) is 9.67. The average Bonchev–Trinajstić information content (AvgIpc) is 2.60. The first-order chi connectivity index (χ1) is 11.7. The van der Waals surface area contributed by atoms with Gasteiger partial charge in [-0.15, -0.1) is 0 Å². The third-order valence-electron chi connectivity index (χ3n) is 5.18. The monoisotopic (exact) mass is 376 g/mol. The number of carbonyl (C=O) groups is 1. The van der Waals surface area contributed by atoms with Crippen LogP contribution in [0.3, 0.4) is 0 Å². The molecule has 1 atom stereocenters. The quantitative estimate of drug-likeness (QED) is 0.690. The number of rotatable bonds is 6. The molecule has 8 nitrogen and oxygen atoms in total. The van der Waals surface area contributed by atoms with Gasteiger partial charge in [0.05, 0.1) is 18.8 Å². The molecule has 2 rings (SSSR count). The Kier molecular flexibility index (Phi) is 6.83. The van der Waals surface area contributed by atoms with E-state index >= 15 is 0 Å². The molecule has 2 saturated heterocycles. The van der Waals surface area contributed by atoms with E-state index < -0.39 is 15.7 Å². The number of carbonyl (C=O) groups excluding carboxylic acids is 1. The van der Waals surface area contributed by atoms with Crippen LogP contribution < -0.4 is 5.32 Å². The summed E-state index contributed by atoms with van der Waals surface area (Å²) in [6.07, 6.45) is 1.75. The lowest BCUT2D eigenvalue weighted by atomic mass is 9.97. The lowest BCUT2D eigenvalue weighted by Gasteiger charge is -2.40. The number of hydrogen-bond acceptors (Lipinski definition) is 5. The van der Waals surface area contributed by atoms with Crippen molar-refractivity contribution in [2.75, 3.05) is 60.0 Å². The maximum atomic E-state index is 12.7. The summed E-state index contributed by atoms with van der Waals surface area (Å²) in [7, 11) is -0.291. The molecule has 0 aromatic rings. The van der Waals surface area contributed by atoms with E-state index in [4.69, 9.17) is 4.74 Å². The van der Waals surface area contributed by atoms with Gasteiger partial charge in [-0.1, -0.05) is 0 Å². The smallest absolute Gasteiger partial charge is 0.281 e. The summed E-state index contributed by atoms with van der Waals surface area (Å²) in [5.74, 6) is 0.134. The highest BCUT2D eigenvalue weighted by molar-refractivity contribution is 7.86. The van der Waals surface area contributed by atoms with E-state index in [0.29, 0.717) is 32.8 Å². The molecule has 0 aromatic carbocycles. The number of hydrogen-bond donors (Lipinski definition) is 1. The SMILES string of the molecule is CN(C)S(=O)(=O)N1CCCC(CNC(=O)C(C)(C)N2CCOCC2)C1. The highest BCUT2D eigenvalue weighted by atomic mass is 32.2. The molecule has 1 unspecified atom stereocenters. The molecule has 2 fully saturated rings. The normalized spacial score (nSPS) is 24.4. The molecule has 9 heteroatoms. The molecular formula is C16H32N4O4S. The molecular weight excluding hydrogens is 344 g/mol. The summed E-state index contributed by atoms with van der Waals surface area (Å²) in [5, 5.41) is 3.03. The van der Waals surface area contributed by atoms with Gasteiger partial charge in [0, 0.05) is 46.8 Å². The third-order valence-corrected chi connectivity index (χ3v) is 7.09. The number of nitrogens with one attached hydrogen (secondary N) is 1. The Bertz CT molecular complexity index is 558. The van der Waals surface area contributed by atoms with Crippen molar-refractivity contribution in [1.82, 2.24) is 18.8 Å². The first-order valence-electron chi connectivity index (χ1n) is 8.94. The predicted octanol–water partition coefficient (Wildman–Crippen LogP) is -0.268. The maximum Gasteiger partial charge on any atom is 0.281 e. The van der Waals surface area contributed by atoms with Crippen molar-refractivity contribution < 1.29 is 17.9 Å². The molecule has 2 aliphatic heterocycles. The fraction of sp³-hybridized carbons (Fsp3) is 0.938. The molecule has 0 aliphatic carbocycles. The van der Waals surface area contributed by atoms with E-state index in [1.54, 1.807) is 14.1 Å². The molecule has 146 valence electrons. The van der Waals surface area contributed by atoms with E-state index in [1.165, 1.54) is 8.61 Å². The van der Waals surface area contributed by atoms with Crippen LogP contribution in [-0.2, 0) is 19.7 Å². The van der Waals surface area contributed by atoms with E-state index in [2.05, 4.69) is 10.2 Å². The van der Waals surface area contributed by atoms with Crippen molar-refractivity contribution >= 4 is 16.1 Å². The van der Waals surface area contributed by atoms with Crippen molar-refractivity contribution in [2.24, 2.45) is 5.92 Å². The Labute approximate surface area is 151 Å². The van der Waals surface area contributed by atoms with Gasteiger partial charge in [-0.05, 0) is 32.6 Å². The summed E-state index contributed by atoms with van der Waals surface area (Å²) in [6, 6.07) is 0. The van der Waals surface area contributed by atoms with Crippen LogP contribution in [0.4, 0.5) is 0 Å². The lowest BCUT2D eigenvalue weighted by molar-refractivity contribution is -0.134. The summed E-state index contributed by atoms with van der Waals surface area (Å²) in [6.45, 7) is 8.16. The van der Waals surface area contributed by atoms with Gasteiger partial charge in [-0.25, -0.2) is 0 Å². The highest BCUT2D eigenvalue weighted by Crippen LogP contribution is 2.21. The summed E-state index contributed by atoms with van der Waals surface area (Å²) >= 11 is 0. The van der Waals surface area contributed by atoms with Gasteiger partial charge in [0.1, 0.15) is 0 Å². The Hall–Kier alpha value is -0.740. The zero-order valence-electron chi connectivity index (χ0n) is 15.8. The standard InChI is InChI=1S/C16H32N4O4S/c1-16(2,19-8-10-24-11-9-19)15(21)17-12-14-6-5-7-20(13-14)25(22,23)18(3)4/h14H,5-13H2,1-4H3,(H,17,21). The number of morpholine rings is 1. The number of piperidine rings is 1. The Balaban J connectivity index is 1.88. The zero-order valence-corrected chi connectivity index (χ0v) is 16.6. The van der Waals surface area contributed by atoms with Crippen LogP contribution in [0.2, 0.25) is 0 Å². The number of ether oxygens (including phenoxy) is 1. The zero-order chi connectivity index (χ0) is 18.7. The minimum absolute atomic E-state index is 0.0120. The molecule has 1 N–H and O–H groups in total. The van der Waals surface area contributed by atoms with Crippen LogP contribution in [0, 0.1) is 5.92 Å². The summed E-state index contributed by atoms with van der Waals surface area (Å²) in [5.41, 5.74) is -0.589. The fourth-order valence-corrected chi connectivity index (χ4v) is 4.57. The van der Waals surface area contributed by atoms with Crippen molar-refractivity contribution in [2.45, 2.75) is 32.2 Å². The van der Waals surface area contributed by atoms with Gasteiger partial charge in [-0.2, -0.15) is 17.0 Å². The van der Waals surface area contributed by atoms with Crippen molar-refractivity contribution in [3.8, 4) is 0 Å². The van der Waals surface area contributed by atoms with Crippen LogP contribution in [0.25, 0.3) is 0 Å². The van der Waals surface area contributed by atoms with Gasteiger partial charge >= 0.3 is 0 Å². The molecule has 0 aromatic heterocycles. The minimum atomic E-state index is -3.39. The number of amides is 1. The van der Waals surface area contributed by atoms with Crippen molar-refractivity contribution in [1.29, 1.82) is 0 Å². The molecule has 1 amide bonds. The largest absolute Gasteiger partial charge is 0.379 e. The van der Waals surface area contributed by atoms with E-state index in [1.807, 2.05) is 13.8 Å². The topological polar surface area (TPSA) is 82.2 Å². The van der Waals surface area contributed by atoms with Gasteiger partial charge in [-0.3, -0.25) is 9.69 Å². The Morgan fingerprint density at radius 2 is 1.88 bits per heavy atom. The van der Waals surface area contributed by atoms with Crippen molar-refractivity contribution in [3.63, 3.8) is 0 Å². The summed E-state index contributed by atoms with van der Waals surface area (Å²) in [4.78, 5) is 14.8. The molecule has 0 spiro atoms. The van der Waals surface area contributed by atoms with Gasteiger partial charge in [0.25, 0.3) is 10.2 Å². The van der Waals surface area contributed by atoms with Gasteiger partial charge in [0.2, 0.25) is 5.91 Å². The van der Waals surface area contributed by atoms with Crippen LogP contribution in [0.5, 0.6) is 0 Å². The third kappa shape index (κ3) is 4.91. The first kappa shape index (κ1) is 20.6. The minimum Gasteiger partial charge on any atom is -0.379 e. The summed E-state index contributed by atoms with van der Waals surface area (Å²) < 4.78 is 32.7. The maximum absolute atomic E-state index is 12.7. The van der Waals surface area contributed by atoms with E-state index in [-0.39, 0.29) is 11.8 Å². The van der Waals surface area contributed by atoms with Gasteiger partial charge in [0.15, 0.2) is 0 Å². The van der Waals surface area contributed by atoms with Crippen molar-refractivity contribution in [3.05, 3.63) is 0 Å². The second-order valence-electron chi connectivity index (χ2n) is 7.52. The van der Waals surface area contributed by atoms with E-state index in [0.717, 1.165) is 25.9 Å². The molecule has 25 heavy (non-hydrogen) atoms. The first-order valence-corrected chi connectivity index (χ1v) is 10.3. The van der Waals surface area contributed by atoms with Crippen LogP contribution in [-0.4, -0.2) is 93.4 Å². The second kappa shape index (κ2) is 8.30. The van der Waals surface area contributed by atoms with Gasteiger partial charge < -0.3 is 10.1 Å². The van der Waals surface area contributed by atoms with Crippen LogP contribution in [0.15, 0.2) is 0 Å². The Morgan fingerprint density at radius 1 is 1.24 bits per heavy atom. The molecule has 0 radical (unpaired) electrons. The highest BCUT2D eigenvalue weighted by Gasteiger charge is 2.36. The van der Waals surface area contributed by atoms with E-state index in [9.17, 15) is 13.2 Å².